The Kier molecular flexibility index (Phi) is 5.03. The van der Waals surface area contributed by atoms with E-state index in [-0.39, 0.29) is 0 Å². The van der Waals surface area contributed by atoms with Gasteiger partial charge in [-0.2, -0.15) is 11.8 Å². The van der Waals surface area contributed by atoms with E-state index in [1.807, 2.05) is 42.1 Å². The molecule has 0 saturated carbocycles. The summed E-state index contributed by atoms with van der Waals surface area (Å²) in [7, 11) is 0. The van der Waals surface area contributed by atoms with Crippen LogP contribution in [0.1, 0.15) is 27.2 Å². The summed E-state index contributed by atoms with van der Waals surface area (Å²) in [4.78, 5) is 0. The summed E-state index contributed by atoms with van der Waals surface area (Å²) in [6.45, 7) is 7.55. The highest BCUT2D eigenvalue weighted by atomic mass is 32.2. The van der Waals surface area contributed by atoms with Gasteiger partial charge in [0, 0.05) is 4.75 Å². The minimum absolute atomic E-state index is 0.368. The number of hydrogen-bond donors (Lipinski definition) is 0. The van der Waals surface area contributed by atoms with Crippen LogP contribution in [0.3, 0.4) is 0 Å². The number of thioether (sulfide) groups is 1. The molecule has 0 N–H and O–H groups in total. The second-order valence-corrected chi connectivity index (χ2v) is 6.40. The molecule has 84 valence electrons. The molecule has 1 rings (SSSR count). The molecule has 0 unspecified atom stereocenters. The number of ether oxygens (including phenoxy) is 1. The molecule has 0 fully saturated rings. The molecule has 0 spiro atoms. The second kappa shape index (κ2) is 6.06. The van der Waals surface area contributed by atoms with Gasteiger partial charge < -0.3 is 4.74 Å². The van der Waals surface area contributed by atoms with Crippen LogP contribution in [-0.4, -0.2) is 17.1 Å². The van der Waals surface area contributed by atoms with Gasteiger partial charge in [-0.05, 0) is 24.3 Å². The summed E-state index contributed by atoms with van der Waals surface area (Å²) in [5, 5.41) is 0. The number of benzene rings is 1. The minimum Gasteiger partial charge on any atom is -0.494 e. The van der Waals surface area contributed by atoms with Crippen molar-refractivity contribution < 1.29 is 4.74 Å². The van der Waals surface area contributed by atoms with Crippen molar-refractivity contribution in [3.05, 3.63) is 30.3 Å². The first kappa shape index (κ1) is 12.4. The van der Waals surface area contributed by atoms with E-state index in [0.717, 1.165) is 24.5 Å². The van der Waals surface area contributed by atoms with E-state index in [9.17, 15) is 0 Å². The average molecular weight is 224 g/mol. The molecule has 1 aromatic carbocycles. The summed E-state index contributed by atoms with van der Waals surface area (Å²) in [6, 6.07) is 9.99. The van der Waals surface area contributed by atoms with Crippen LogP contribution in [-0.2, 0) is 0 Å². The number of para-hydroxylation sites is 1. The predicted molar refractivity (Wildman–Crippen MR) is 68.8 cm³/mol. The highest BCUT2D eigenvalue weighted by Crippen LogP contribution is 2.23. The van der Waals surface area contributed by atoms with Crippen LogP contribution >= 0.6 is 11.8 Å². The molecule has 0 radical (unpaired) electrons. The number of rotatable bonds is 5. The van der Waals surface area contributed by atoms with Gasteiger partial charge in [-0.1, -0.05) is 39.0 Å². The molecule has 0 saturated heterocycles. The van der Waals surface area contributed by atoms with Crippen LogP contribution in [0, 0.1) is 0 Å². The zero-order valence-corrected chi connectivity index (χ0v) is 10.6. The third-order valence-electron chi connectivity index (χ3n) is 1.84. The largest absolute Gasteiger partial charge is 0.494 e. The smallest absolute Gasteiger partial charge is 0.119 e. The van der Waals surface area contributed by atoms with E-state index < -0.39 is 0 Å². The molecule has 1 nitrogen and oxygen atoms in total. The van der Waals surface area contributed by atoms with Crippen molar-refractivity contribution >= 4 is 11.8 Å². The zero-order valence-electron chi connectivity index (χ0n) is 9.82. The van der Waals surface area contributed by atoms with Crippen molar-refractivity contribution in [2.45, 2.75) is 31.9 Å². The van der Waals surface area contributed by atoms with Crippen LogP contribution in [0.25, 0.3) is 0 Å². The van der Waals surface area contributed by atoms with Crippen LogP contribution in [0.5, 0.6) is 5.75 Å². The summed E-state index contributed by atoms with van der Waals surface area (Å²) in [5.74, 6) is 2.13. The summed E-state index contributed by atoms with van der Waals surface area (Å²) >= 11 is 1.99. The van der Waals surface area contributed by atoms with Gasteiger partial charge in [-0.15, -0.1) is 0 Å². The fourth-order valence-corrected chi connectivity index (χ4v) is 2.02. The molecule has 0 bridgehead atoms. The second-order valence-electron chi connectivity index (χ2n) is 4.48. The van der Waals surface area contributed by atoms with Gasteiger partial charge in [0.2, 0.25) is 0 Å². The lowest BCUT2D eigenvalue weighted by Crippen LogP contribution is -2.09. The Bertz CT molecular complexity index is 264. The topological polar surface area (TPSA) is 9.23 Å². The molecule has 1 aromatic rings. The van der Waals surface area contributed by atoms with Crippen molar-refractivity contribution in [3.8, 4) is 5.75 Å². The van der Waals surface area contributed by atoms with Crippen LogP contribution in [0.2, 0.25) is 0 Å². The Morgan fingerprint density at radius 3 is 2.40 bits per heavy atom. The quantitative estimate of drug-likeness (QED) is 0.699. The molecule has 0 aliphatic carbocycles. The van der Waals surface area contributed by atoms with Gasteiger partial charge in [0.15, 0.2) is 0 Å². The van der Waals surface area contributed by atoms with Crippen LogP contribution in [0.4, 0.5) is 0 Å². The average Bonchev–Trinajstić information content (AvgIpc) is 2.17. The van der Waals surface area contributed by atoms with Gasteiger partial charge >= 0.3 is 0 Å². The standard InChI is InChI=1S/C13H20OS/c1-13(2,3)15-11-7-10-14-12-8-5-4-6-9-12/h4-6,8-9H,7,10-11H2,1-3H3. The maximum atomic E-state index is 5.61. The Morgan fingerprint density at radius 2 is 1.80 bits per heavy atom. The summed E-state index contributed by atoms with van der Waals surface area (Å²) in [5.41, 5.74) is 0. The monoisotopic (exact) mass is 224 g/mol. The van der Waals surface area contributed by atoms with Crippen molar-refractivity contribution in [2.75, 3.05) is 12.4 Å². The highest BCUT2D eigenvalue weighted by Gasteiger charge is 2.09. The number of hydrogen-bond acceptors (Lipinski definition) is 2. The normalized spacial score (nSPS) is 11.4. The van der Waals surface area contributed by atoms with Crippen molar-refractivity contribution in [3.63, 3.8) is 0 Å². The van der Waals surface area contributed by atoms with Gasteiger partial charge in [0.25, 0.3) is 0 Å². The summed E-state index contributed by atoms with van der Waals surface area (Å²) < 4.78 is 5.98. The Morgan fingerprint density at radius 1 is 1.13 bits per heavy atom. The molecule has 0 heterocycles. The molecule has 0 atom stereocenters. The van der Waals surface area contributed by atoms with E-state index in [2.05, 4.69) is 20.8 Å². The Labute approximate surface area is 97.2 Å². The fraction of sp³-hybridized carbons (Fsp3) is 0.538. The van der Waals surface area contributed by atoms with Crippen LogP contribution < -0.4 is 4.74 Å². The first-order valence-corrected chi connectivity index (χ1v) is 6.38. The first-order valence-electron chi connectivity index (χ1n) is 5.40. The molecule has 0 aromatic heterocycles. The zero-order chi connectivity index (χ0) is 11.1. The molecule has 0 amide bonds. The van der Waals surface area contributed by atoms with Crippen molar-refractivity contribution in [2.24, 2.45) is 0 Å². The molecule has 2 heteroatoms. The van der Waals surface area contributed by atoms with E-state index in [4.69, 9.17) is 4.74 Å². The van der Waals surface area contributed by atoms with Crippen molar-refractivity contribution in [1.29, 1.82) is 0 Å². The van der Waals surface area contributed by atoms with E-state index in [0.29, 0.717) is 4.75 Å². The molecular weight excluding hydrogens is 204 g/mol. The Balaban J connectivity index is 2.08. The molecule has 0 aliphatic rings. The first-order chi connectivity index (χ1) is 7.08. The van der Waals surface area contributed by atoms with E-state index >= 15 is 0 Å². The Hall–Kier alpha value is -0.630. The lowest BCUT2D eigenvalue weighted by Gasteiger charge is -2.17. The third kappa shape index (κ3) is 6.45. The predicted octanol–water partition coefficient (Wildman–Crippen LogP) is 3.99. The molecule has 15 heavy (non-hydrogen) atoms. The van der Waals surface area contributed by atoms with Crippen molar-refractivity contribution in [1.82, 2.24) is 0 Å². The van der Waals surface area contributed by atoms with Gasteiger partial charge in [-0.25, -0.2) is 0 Å². The van der Waals surface area contributed by atoms with E-state index in [1.54, 1.807) is 0 Å². The minimum atomic E-state index is 0.368. The summed E-state index contributed by atoms with van der Waals surface area (Å²) in [6.07, 6.45) is 1.11. The highest BCUT2D eigenvalue weighted by molar-refractivity contribution is 8.00. The lowest BCUT2D eigenvalue weighted by atomic mass is 10.3. The maximum absolute atomic E-state index is 5.61. The molecular formula is C13H20OS. The van der Waals surface area contributed by atoms with Gasteiger partial charge in [-0.3, -0.25) is 0 Å². The fourth-order valence-electron chi connectivity index (χ4n) is 1.14. The maximum Gasteiger partial charge on any atom is 0.119 e. The lowest BCUT2D eigenvalue weighted by molar-refractivity contribution is 0.318. The van der Waals surface area contributed by atoms with Crippen LogP contribution in [0.15, 0.2) is 30.3 Å². The van der Waals surface area contributed by atoms with Gasteiger partial charge in [0.05, 0.1) is 6.61 Å². The van der Waals surface area contributed by atoms with E-state index in [1.165, 1.54) is 0 Å². The molecule has 0 aliphatic heterocycles. The SMILES string of the molecule is CC(C)(C)SCCCOc1ccccc1. The third-order valence-corrected chi connectivity index (χ3v) is 3.19. The van der Waals surface area contributed by atoms with Gasteiger partial charge in [0.1, 0.15) is 5.75 Å².